The molecule has 65 heavy (non-hydrogen) atoms. The number of hydrogen-bond donors (Lipinski definition) is 0. The van der Waals surface area contributed by atoms with Crippen LogP contribution in [0.1, 0.15) is 49.4 Å². The second-order valence-corrected chi connectivity index (χ2v) is 16.3. The van der Waals surface area contributed by atoms with E-state index in [-0.39, 0.29) is 0 Å². The monoisotopic (exact) mass is 857 g/mol. The first-order valence-electron chi connectivity index (χ1n) is 22.8. The van der Waals surface area contributed by atoms with Crippen LogP contribution >= 0.6 is 0 Å². The second-order valence-electron chi connectivity index (χ2n) is 16.3. The van der Waals surface area contributed by atoms with Crippen molar-refractivity contribution in [3.8, 4) is 67.7 Å². The molecule has 0 aliphatic carbocycles. The smallest absolute Gasteiger partial charge is 0.213 e. The van der Waals surface area contributed by atoms with Crippen LogP contribution < -0.4 is 13.7 Å². The maximum atomic E-state index is 7.87. The topological polar surface area (TPSA) is 76.1 Å². The average molecular weight is 858 g/mol. The molecule has 0 saturated carbocycles. The Balaban J connectivity index is 0.000000149. The standard InChI is InChI=1S/C20H21N2.C19H19N2.C18H19N4/c1-4-17-9-7-11-19(21-17)16-12-13-22(3)20(14-16)18-10-6-5-8-15(18)2;1-14-7-4-5-9-17(14)19-13-16(11-12-21(19)3)18-10-6-8-15(2)20-18;1-12-7-5-6-8-16(12)17-10-9-15(11-22(17)4)18-20-13(2)19-14(3)21-18/h5-14H,4H2,1-3H3;4-13H,1-3H3;5-11H,1-4H3/q3*+1/i4D2;;. The molecule has 6 aromatic heterocycles. The van der Waals surface area contributed by atoms with Gasteiger partial charge in [-0.2, -0.15) is 0 Å². The predicted octanol–water partition coefficient (Wildman–Crippen LogP) is 10.9. The summed E-state index contributed by atoms with van der Waals surface area (Å²) in [5.74, 6) is 2.21. The van der Waals surface area contributed by atoms with Gasteiger partial charge in [-0.1, -0.05) is 73.7 Å². The number of pyridine rings is 5. The van der Waals surface area contributed by atoms with E-state index in [1.54, 1.807) is 6.07 Å². The minimum Gasteiger partial charge on any atom is -0.253 e. The van der Waals surface area contributed by atoms with E-state index in [0.29, 0.717) is 5.69 Å². The van der Waals surface area contributed by atoms with Crippen molar-refractivity contribution in [1.29, 1.82) is 0 Å². The second kappa shape index (κ2) is 20.7. The molecule has 0 aliphatic rings. The third-order valence-electron chi connectivity index (χ3n) is 11.3. The normalized spacial score (nSPS) is 11.4. The first kappa shape index (κ1) is 42.7. The zero-order valence-corrected chi connectivity index (χ0v) is 39.2. The lowest BCUT2D eigenvalue weighted by Gasteiger charge is -2.07. The van der Waals surface area contributed by atoms with Gasteiger partial charge in [-0.15, -0.1) is 0 Å². The van der Waals surface area contributed by atoms with Gasteiger partial charge < -0.3 is 0 Å². The van der Waals surface area contributed by atoms with Crippen LogP contribution in [-0.2, 0) is 27.5 Å². The zero-order chi connectivity index (χ0) is 47.8. The van der Waals surface area contributed by atoms with Crippen molar-refractivity contribution in [3.63, 3.8) is 0 Å². The summed E-state index contributed by atoms with van der Waals surface area (Å²) in [7, 11) is 6.15. The van der Waals surface area contributed by atoms with Gasteiger partial charge in [0.15, 0.2) is 24.4 Å². The molecule has 0 aliphatic heterocycles. The molecule has 0 spiro atoms. The van der Waals surface area contributed by atoms with Crippen molar-refractivity contribution < 1.29 is 16.4 Å². The van der Waals surface area contributed by atoms with E-state index >= 15 is 0 Å². The molecular formula is C57H59N8+3. The molecule has 0 bridgehead atoms. The van der Waals surface area contributed by atoms with Crippen molar-refractivity contribution >= 4 is 0 Å². The van der Waals surface area contributed by atoms with Crippen LogP contribution in [0.5, 0.6) is 0 Å². The van der Waals surface area contributed by atoms with Crippen molar-refractivity contribution in [2.75, 3.05) is 0 Å². The summed E-state index contributed by atoms with van der Waals surface area (Å²) in [4.78, 5) is 22.2. The minimum atomic E-state index is -1.45. The molecule has 0 unspecified atom stereocenters. The Bertz CT molecular complexity index is 3170. The van der Waals surface area contributed by atoms with Gasteiger partial charge in [0.05, 0.1) is 17.0 Å². The molecule has 9 aromatic rings. The van der Waals surface area contributed by atoms with Crippen LogP contribution in [0, 0.1) is 41.5 Å². The van der Waals surface area contributed by atoms with Gasteiger partial charge in [0.2, 0.25) is 17.1 Å². The Morgan fingerprint density at radius 3 is 1.38 bits per heavy atom. The molecule has 3 aromatic carbocycles. The van der Waals surface area contributed by atoms with E-state index in [1.165, 1.54) is 51.7 Å². The molecule has 8 heteroatoms. The Morgan fingerprint density at radius 1 is 0.431 bits per heavy atom. The number of benzene rings is 3. The lowest BCUT2D eigenvalue weighted by molar-refractivity contribution is -0.660. The van der Waals surface area contributed by atoms with Crippen LogP contribution in [0.15, 0.2) is 164 Å². The Morgan fingerprint density at radius 2 is 0.908 bits per heavy atom. The lowest BCUT2D eigenvalue weighted by atomic mass is 10.0. The molecule has 8 nitrogen and oxygen atoms in total. The van der Waals surface area contributed by atoms with E-state index in [9.17, 15) is 0 Å². The van der Waals surface area contributed by atoms with E-state index in [0.717, 1.165) is 56.9 Å². The first-order chi connectivity index (χ1) is 32.0. The van der Waals surface area contributed by atoms with Gasteiger partial charge in [0, 0.05) is 72.3 Å². The highest BCUT2D eigenvalue weighted by Gasteiger charge is 2.17. The first-order valence-corrected chi connectivity index (χ1v) is 21.8. The molecule has 0 fully saturated rings. The fraction of sp³-hybridized carbons (Fsp3) is 0.193. The summed E-state index contributed by atoms with van der Waals surface area (Å²) in [6.45, 7) is 13.7. The fourth-order valence-corrected chi connectivity index (χ4v) is 7.78. The summed E-state index contributed by atoms with van der Waals surface area (Å²) in [5.41, 5.74) is 17.3. The third-order valence-corrected chi connectivity index (χ3v) is 11.3. The van der Waals surface area contributed by atoms with Crippen LogP contribution in [0.4, 0.5) is 0 Å². The fourth-order valence-electron chi connectivity index (χ4n) is 7.78. The molecule has 0 N–H and O–H groups in total. The Labute approximate surface area is 387 Å². The summed E-state index contributed by atoms with van der Waals surface area (Å²) >= 11 is 0. The highest BCUT2D eigenvalue weighted by Crippen LogP contribution is 2.27. The molecule has 6 heterocycles. The van der Waals surface area contributed by atoms with Gasteiger partial charge in [-0.05, 0) is 113 Å². The zero-order valence-electron chi connectivity index (χ0n) is 41.2. The molecule has 9 rings (SSSR count). The molecule has 324 valence electrons. The summed E-state index contributed by atoms with van der Waals surface area (Å²) in [6.07, 6.45) is 4.73. The largest absolute Gasteiger partial charge is 0.253 e. The molecule has 0 radical (unpaired) electrons. The van der Waals surface area contributed by atoms with Gasteiger partial charge in [-0.25, -0.2) is 28.7 Å². The molecular weight excluding hydrogens is 797 g/mol. The Kier molecular flexibility index (Phi) is 13.6. The number of aromatic nitrogens is 8. The number of aryl methyl sites for hydroxylation is 10. The van der Waals surface area contributed by atoms with Gasteiger partial charge in [0.1, 0.15) is 32.8 Å². The van der Waals surface area contributed by atoms with Crippen molar-refractivity contribution in [2.24, 2.45) is 21.1 Å². The Hall–Kier alpha value is -7.58. The van der Waals surface area contributed by atoms with Crippen molar-refractivity contribution in [2.45, 2.75) is 54.8 Å². The highest BCUT2D eigenvalue weighted by atomic mass is 15.0. The van der Waals surface area contributed by atoms with E-state index in [4.69, 9.17) is 2.74 Å². The number of rotatable bonds is 7. The maximum absolute atomic E-state index is 7.87. The van der Waals surface area contributed by atoms with E-state index in [2.05, 4.69) is 182 Å². The average Bonchev–Trinajstić information content (AvgIpc) is 3.30. The minimum absolute atomic E-state index is 0.450. The van der Waals surface area contributed by atoms with E-state index < -0.39 is 6.37 Å². The SMILES string of the molecule is Cc1cccc(-c2cc[n+](C)c(-c3ccccc3C)c2)n1.Cc1nc(C)nc(-c2ccc(-c3ccccc3C)[n+](C)c2)n1.[2H]C([2H])(C)c1cccc(-c2cc[n+](C)c(-c3ccccc3C)c2)n1. The van der Waals surface area contributed by atoms with Crippen molar-refractivity contribution in [3.05, 3.63) is 204 Å². The van der Waals surface area contributed by atoms with Crippen LogP contribution in [0.3, 0.4) is 0 Å². The summed E-state index contributed by atoms with van der Waals surface area (Å²) < 4.78 is 22.1. The van der Waals surface area contributed by atoms with Crippen LogP contribution in [0.2, 0.25) is 0 Å². The van der Waals surface area contributed by atoms with Gasteiger partial charge >= 0.3 is 0 Å². The van der Waals surface area contributed by atoms with Gasteiger partial charge in [-0.3, -0.25) is 9.97 Å². The number of nitrogens with zero attached hydrogens (tertiary/aromatic N) is 8. The van der Waals surface area contributed by atoms with Crippen LogP contribution in [0.25, 0.3) is 67.7 Å². The van der Waals surface area contributed by atoms with Crippen molar-refractivity contribution in [1.82, 2.24) is 24.9 Å². The number of hydrogen-bond acceptors (Lipinski definition) is 5. The molecule has 0 atom stereocenters. The predicted molar refractivity (Wildman–Crippen MR) is 262 cm³/mol. The molecule has 0 saturated heterocycles. The molecule has 0 amide bonds. The lowest BCUT2D eigenvalue weighted by Crippen LogP contribution is -2.31. The summed E-state index contributed by atoms with van der Waals surface area (Å²) in [6, 6.07) is 49.4. The van der Waals surface area contributed by atoms with Crippen LogP contribution in [-0.4, -0.2) is 24.9 Å². The summed E-state index contributed by atoms with van der Waals surface area (Å²) in [5, 5.41) is 0. The van der Waals surface area contributed by atoms with E-state index in [1.807, 2.05) is 77.5 Å². The highest BCUT2D eigenvalue weighted by molar-refractivity contribution is 5.70. The third kappa shape index (κ3) is 11.1. The van der Waals surface area contributed by atoms with Gasteiger partial charge in [0.25, 0.3) is 0 Å². The maximum Gasteiger partial charge on any atom is 0.213 e. The quantitative estimate of drug-likeness (QED) is 0.149.